The Labute approximate surface area is 160 Å². The molecule has 1 N–H and O–H groups in total. The molecule has 3 aromatic rings. The zero-order valence-electron chi connectivity index (χ0n) is 14.7. The maximum absolute atomic E-state index is 13.9. The van der Waals surface area contributed by atoms with Gasteiger partial charge in [0.1, 0.15) is 5.82 Å². The van der Waals surface area contributed by atoms with Gasteiger partial charge in [-0.15, -0.1) is 16.8 Å². The Morgan fingerprint density at radius 3 is 2.93 bits per heavy atom. The van der Waals surface area contributed by atoms with Gasteiger partial charge in [0.25, 0.3) is 0 Å². The largest absolute Gasteiger partial charge is 0.323 e. The van der Waals surface area contributed by atoms with Crippen molar-refractivity contribution in [3.63, 3.8) is 0 Å². The third-order valence-corrected chi connectivity index (χ3v) is 4.65. The van der Waals surface area contributed by atoms with E-state index >= 15 is 0 Å². The number of benzene rings is 1. The molecule has 0 spiro atoms. The topological polar surface area (TPSA) is 72.7 Å². The summed E-state index contributed by atoms with van der Waals surface area (Å²) in [5.41, 5.74) is 1.78. The molecule has 3 rings (SSSR count). The molecule has 2 aromatic heterocycles. The Balaban J connectivity index is 1.71. The van der Waals surface area contributed by atoms with E-state index < -0.39 is 5.82 Å². The zero-order chi connectivity index (χ0) is 19.2. The van der Waals surface area contributed by atoms with Crippen LogP contribution in [0.4, 0.5) is 10.1 Å². The van der Waals surface area contributed by atoms with Crippen LogP contribution >= 0.6 is 11.8 Å². The van der Waals surface area contributed by atoms with Crippen molar-refractivity contribution < 1.29 is 9.18 Å². The van der Waals surface area contributed by atoms with Gasteiger partial charge >= 0.3 is 0 Å². The van der Waals surface area contributed by atoms with Gasteiger partial charge in [0.2, 0.25) is 5.91 Å². The van der Waals surface area contributed by atoms with E-state index in [1.807, 2.05) is 16.7 Å². The molecule has 0 saturated carbocycles. The minimum Gasteiger partial charge on any atom is -0.323 e. The summed E-state index contributed by atoms with van der Waals surface area (Å²) in [5.74, 6) is -0.0494. The van der Waals surface area contributed by atoms with E-state index in [4.69, 9.17) is 0 Å². The number of hydrogen-bond acceptors (Lipinski definition) is 5. The van der Waals surface area contributed by atoms with Crippen molar-refractivity contribution in [3.8, 4) is 11.4 Å². The minimum atomic E-state index is -0.456. The summed E-state index contributed by atoms with van der Waals surface area (Å²) in [4.78, 5) is 16.3. The lowest BCUT2D eigenvalue weighted by atomic mass is 10.2. The quantitative estimate of drug-likeness (QED) is 0.497. The number of carbonyl (C=O) groups excluding carboxylic acids is 1. The highest BCUT2D eigenvalue weighted by Crippen LogP contribution is 2.24. The summed E-state index contributed by atoms with van der Waals surface area (Å²) in [6, 6.07) is 8.38. The van der Waals surface area contributed by atoms with Crippen LogP contribution < -0.4 is 5.32 Å². The number of nitrogens with zero attached hydrogens (tertiary/aromatic N) is 4. The molecule has 0 aliphatic rings. The fourth-order valence-corrected chi connectivity index (χ4v) is 3.18. The first-order valence-corrected chi connectivity index (χ1v) is 9.20. The molecule has 27 heavy (non-hydrogen) atoms. The number of aryl methyl sites for hydroxylation is 1. The van der Waals surface area contributed by atoms with E-state index in [0.717, 1.165) is 11.1 Å². The molecule has 0 fully saturated rings. The lowest BCUT2D eigenvalue weighted by Gasteiger charge is -2.08. The molecule has 0 radical (unpaired) electrons. The number of nitrogens with one attached hydrogen (secondary N) is 1. The van der Waals surface area contributed by atoms with Gasteiger partial charge < -0.3 is 5.32 Å². The third-order valence-electron chi connectivity index (χ3n) is 3.68. The number of aromatic nitrogens is 4. The predicted octanol–water partition coefficient (Wildman–Crippen LogP) is 3.70. The molecule has 2 heterocycles. The van der Waals surface area contributed by atoms with Crippen molar-refractivity contribution in [2.75, 3.05) is 11.1 Å². The number of halogens is 1. The van der Waals surface area contributed by atoms with Crippen LogP contribution in [0.15, 0.2) is 60.5 Å². The van der Waals surface area contributed by atoms with Gasteiger partial charge in [-0.25, -0.2) is 4.39 Å². The van der Waals surface area contributed by atoms with E-state index in [9.17, 15) is 9.18 Å². The van der Waals surface area contributed by atoms with Crippen molar-refractivity contribution in [1.29, 1.82) is 0 Å². The highest BCUT2D eigenvalue weighted by molar-refractivity contribution is 7.99. The van der Waals surface area contributed by atoms with Crippen molar-refractivity contribution >= 4 is 23.4 Å². The number of anilines is 1. The van der Waals surface area contributed by atoms with E-state index in [1.54, 1.807) is 37.5 Å². The molecule has 138 valence electrons. The lowest BCUT2D eigenvalue weighted by Crippen LogP contribution is -2.15. The van der Waals surface area contributed by atoms with Gasteiger partial charge in [-0.05, 0) is 36.8 Å². The van der Waals surface area contributed by atoms with E-state index in [2.05, 4.69) is 27.1 Å². The molecule has 1 aromatic carbocycles. The van der Waals surface area contributed by atoms with Gasteiger partial charge in [-0.2, -0.15) is 0 Å². The molecule has 0 saturated heterocycles. The number of pyridine rings is 1. The average molecular weight is 383 g/mol. The Kier molecular flexibility index (Phi) is 5.97. The molecule has 8 heteroatoms. The summed E-state index contributed by atoms with van der Waals surface area (Å²) < 4.78 is 15.7. The predicted molar refractivity (Wildman–Crippen MR) is 104 cm³/mol. The number of hydrogen-bond donors (Lipinski definition) is 1. The Hall–Kier alpha value is -3.00. The first-order chi connectivity index (χ1) is 13.1. The van der Waals surface area contributed by atoms with Crippen molar-refractivity contribution in [2.24, 2.45) is 0 Å². The third kappa shape index (κ3) is 4.59. The number of carbonyl (C=O) groups is 1. The molecule has 0 aliphatic carbocycles. The monoisotopic (exact) mass is 383 g/mol. The first-order valence-electron chi connectivity index (χ1n) is 8.22. The molecule has 0 atom stereocenters. The number of rotatable bonds is 7. The summed E-state index contributed by atoms with van der Waals surface area (Å²) in [7, 11) is 0. The van der Waals surface area contributed by atoms with Crippen LogP contribution in [0.3, 0.4) is 0 Å². The van der Waals surface area contributed by atoms with E-state index in [1.165, 1.54) is 17.8 Å². The standard InChI is InChI=1S/C19H18FN5OS/c1-3-9-25-18(14-5-4-8-21-11-14)23-24-19(25)27-12-17(26)22-16-7-6-13(2)10-15(16)20/h3-8,10-11H,1,9,12H2,2H3,(H,22,26). The molecule has 0 unspecified atom stereocenters. The summed E-state index contributed by atoms with van der Waals surface area (Å²) in [5, 5.41) is 11.5. The van der Waals surface area contributed by atoms with Gasteiger partial charge in [-0.1, -0.05) is 23.9 Å². The maximum Gasteiger partial charge on any atom is 0.234 e. The highest BCUT2D eigenvalue weighted by Gasteiger charge is 2.15. The van der Waals surface area contributed by atoms with Crippen LogP contribution in [0.5, 0.6) is 0 Å². The minimum absolute atomic E-state index is 0.0790. The van der Waals surface area contributed by atoms with E-state index in [-0.39, 0.29) is 17.3 Å². The fourth-order valence-electron chi connectivity index (χ4n) is 2.44. The smallest absolute Gasteiger partial charge is 0.234 e. The van der Waals surface area contributed by atoms with Gasteiger partial charge in [0.15, 0.2) is 11.0 Å². The maximum atomic E-state index is 13.9. The van der Waals surface area contributed by atoms with Crippen LogP contribution in [0, 0.1) is 12.7 Å². The van der Waals surface area contributed by atoms with Crippen molar-refractivity contribution in [1.82, 2.24) is 19.7 Å². The summed E-state index contributed by atoms with van der Waals surface area (Å²) in [6.07, 6.45) is 5.11. The molecular weight excluding hydrogens is 365 g/mol. The molecule has 1 amide bonds. The SMILES string of the molecule is C=CCn1c(SCC(=O)Nc2ccc(C)cc2F)nnc1-c1cccnc1. The van der Waals surface area contributed by atoms with Crippen LogP contribution in [0.1, 0.15) is 5.56 Å². The summed E-state index contributed by atoms with van der Waals surface area (Å²) in [6.45, 7) is 6.04. The Bertz CT molecular complexity index is 958. The Morgan fingerprint density at radius 1 is 1.37 bits per heavy atom. The van der Waals surface area contributed by atoms with Crippen LogP contribution in [0.2, 0.25) is 0 Å². The molecule has 0 aliphatic heterocycles. The summed E-state index contributed by atoms with van der Waals surface area (Å²) >= 11 is 1.23. The number of allylic oxidation sites excluding steroid dienone is 1. The van der Waals surface area contributed by atoms with Crippen LogP contribution in [0.25, 0.3) is 11.4 Å². The van der Waals surface area contributed by atoms with Crippen LogP contribution in [-0.2, 0) is 11.3 Å². The fraction of sp³-hybridized carbons (Fsp3) is 0.158. The normalized spacial score (nSPS) is 10.6. The molecule has 6 nitrogen and oxygen atoms in total. The lowest BCUT2D eigenvalue weighted by molar-refractivity contribution is -0.113. The zero-order valence-corrected chi connectivity index (χ0v) is 15.5. The van der Waals surface area contributed by atoms with Crippen molar-refractivity contribution in [2.45, 2.75) is 18.6 Å². The number of amides is 1. The molecular formula is C19H18FN5OS. The average Bonchev–Trinajstić information content (AvgIpc) is 3.06. The second kappa shape index (κ2) is 8.59. The van der Waals surface area contributed by atoms with Crippen molar-refractivity contribution in [3.05, 3.63) is 66.8 Å². The van der Waals surface area contributed by atoms with Gasteiger partial charge in [-0.3, -0.25) is 14.3 Å². The Morgan fingerprint density at radius 2 is 2.22 bits per heavy atom. The second-order valence-corrected chi connectivity index (χ2v) is 6.71. The van der Waals surface area contributed by atoms with Gasteiger partial charge in [0.05, 0.1) is 11.4 Å². The number of thioether (sulfide) groups is 1. The second-order valence-electron chi connectivity index (χ2n) is 5.77. The first kappa shape index (κ1) is 18.8. The van der Waals surface area contributed by atoms with E-state index in [0.29, 0.717) is 17.5 Å². The van der Waals surface area contributed by atoms with Gasteiger partial charge in [0, 0.05) is 24.5 Å². The highest BCUT2D eigenvalue weighted by atomic mass is 32.2. The molecule has 0 bridgehead atoms. The van der Waals surface area contributed by atoms with Crippen LogP contribution in [-0.4, -0.2) is 31.4 Å².